The Labute approximate surface area is 65.0 Å². The highest BCUT2D eigenvalue weighted by Gasteiger charge is 2.02. The van der Waals surface area contributed by atoms with Gasteiger partial charge in [0.1, 0.15) is 12.0 Å². The van der Waals surface area contributed by atoms with Gasteiger partial charge < -0.3 is 10.3 Å². The summed E-state index contributed by atoms with van der Waals surface area (Å²) in [5.41, 5.74) is 0.724. The number of likely N-dealkylation sites (N-methyl/N-ethyl adjacent to an activating group) is 1. The molecule has 4 nitrogen and oxygen atoms in total. The molecule has 1 rings (SSSR count). The molecule has 0 aliphatic heterocycles. The van der Waals surface area contributed by atoms with Crippen molar-refractivity contribution >= 4 is 5.91 Å². The van der Waals surface area contributed by atoms with Crippen molar-refractivity contribution in [3.05, 3.63) is 17.7 Å². The number of hydrogen-bond donors (Lipinski definition) is 2. The van der Waals surface area contributed by atoms with Gasteiger partial charge in [-0.05, 0) is 6.92 Å². The Kier molecular flexibility index (Phi) is 2.25. The van der Waals surface area contributed by atoms with Crippen LogP contribution in [0, 0.1) is 13.1 Å². The van der Waals surface area contributed by atoms with Crippen LogP contribution in [0.15, 0.2) is 0 Å². The fourth-order valence-electron chi connectivity index (χ4n) is 0.758. The first-order valence-electron chi connectivity index (χ1n) is 3.36. The summed E-state index contributed by atoms with van der Waals surface area (Å²) in [6, 6.07) is 0. The van der Waals surface area contributed by atoms with Gasteiger partial charge in [0.15, 0.2) is 0 Å². The molecule has 1 aromatic heterocycles. The first-order chi connectivity index (χ1) is 5.22. The number of nitrogens with zero attached hydrogens (tertiary/aromatic N) is 1. The molecule has 11 heavy (non-hydrogen) atoms. The highest BCUT2D eigenvalue weighted by atomic mass is 16.1. The minimum atomic E-state index is -0.0371. The summed E-state index contributed by atoms with van der Waals surface area (Å²) < 4.78 is 0. The van der Waals surface area contributed by atoms with Crippen LogP contribution < -0.4 is 5.32 Å². The number of rotatable bonds is 2. The molecule has 0 saturated carbocycles. The first-order valence-corrected chi connectivity index (χ1v) is 3.36. The standard InChI is InChI=1S/C7H10N3O/c1-5-9-4-6(10-5)3-7(11)8-2/h3H2,1-2H3,(H,8,11)(H,9,10). The van der Waals surface area contributed by atoms with Crippen molar-refractivity contribution < 1.29 is 4.79 Å². The van der Waals surface area contributed by atoms with Crippen molar-refractivity contribution in [2.75, 3.05) is 7.05 Å². The van der Waals surface area contributed by atoms with Crippen LogP contribution in [0.25, 0.3) is 0 Å². The van der Waals surface area contributed by atoms with Crippen LogP contribution >= 0.6 is 0 Å². The SMILES string of the molecule is CNC(=O)Cc1[c]nc(C)[nH]1. The number of hydrogen-bond acceptors (Lipinski definition) is 2. The van der Waals surface area contributed by atoms with Crippen molar-refractivity contribution in [2.45, 2.75) is 13.3 Å². The largest absolute Gasteiger partial charge is 0.359 e. The lowest BCUT2D eigenvalue weighted by Crippen LogP contribution is -2.20. The molecule has 0 aliphatic carbocycles. The van der Waals surface area contributed by atoms with Crippen molar-refractivity contribution in [1.29, 1.82) is 0 Å². The van der Waals surface area contributed by atoms with Gasteiger partial charge in [0.25, 0.3) is 0 Å². The number of aromatic amines is 1. The van der Waals surface area contributed by atoms with Crippen LogP contribution in [0.2, 0.25) is 0 Å². The van der Waals surface area contributed by atoms with E-state index in [1.54, 1.807) is 7.05 Å². The van der Waals surface area contributed by atoms with E-state index in [1.165, 1.54) is 0 Å². The van der Waals surface area contributed by atoms with E-state index in [2.05, 4.69) is 21.5 Å². The smallest absolute Gasteiger partial charge is 0.225 e. The number of carbonyl (C=O) groups is 1. The maximum absolute atomic E-state index is 10.8. The van der Waals surface area contributed by atoms with E-state index in [-0.39, 0.29) is 5.91 Å². The fraction of sp³-hybridized carbons (Fsp3) is 0.429. The Hall–Kier alpha value is -1.32. The summed E-state index contributed by atoms with van der Waals surface area (Å²) in [6.45, 7) is 1.82. The highest BCUT2D eigenvalue weighted by molar-refractivity contribution is 5.77. The normalized spacial score (nSPS) is 9.64. The van der Waals surface area contributed by atoms with E-state index in [1.807, 2.05) is 6.92 Å². The van der Waals surface area contributed by atoms with Crippen LogP contribution in [0.3, 0.4) is 0 Å². The highest BCUT2D eigenvalue weighted by Crippen LogP contribution is 1.94. The third-order valence-electron chi connectivity index (χ3n) is 1.31. The third-order valence-corrected chi connectivity index (χ3v) is 1.31. The molecule has 0 saturated heterocycles. The molecule has 0 atom stereocenters. The Morgan fingerprint density at radius 1 is 1.82 bits per heavy atom. The monoisotopic (exact) mass is 152 g/mol. The number of amides is 1. The molecule has 0 bridgehead atoms. The van der Waals surface area contributed by atoms with E-state index < -0.39 is 0 Å². The predicted octanol–water partition coefficient (Wildman–Crippen LogP) is -0.193. The van der Waals surface area contributed by atoms with Gasteiger partial charge in [0.2, 0.25) is 5.91 Å². The van der Waals surface area contributed by atoms with Crippen LogP contribution in [0.5, 0.6) is 0 Å². The number of imidazole rings is 1. The molecule has 2 N–H and O–H groups in total. The predicted molar refractivity (Wildman–Crippen MR) is 39.9 cm³/mol. The Morgan fingerprint density at radius 2 is 2.55 bits per heavy atom. The lowest BCUT2D eigenvalue weighted by Gasteiger charge is -1.94. The lowest BCUT2D eigenvalue weighted by atomic mass is 10.3. The minimum absolute atomic E-state index is 0.0371. The van der Waals surface area contributed by atoms with Gasteiger partial charge in [-0.25, -0.2) is 4.98 Å². The summed E-state index contributed by atoms with van der Waals surface area (Å²) in [4.78, 5) is 17.6. The van der Waals surface area contributed by atoms with Gasteiger partial charge in [0.05, 0.1) is 12.1 Å². The molecule has 1 heterocycles. The van der Waals surface area contributed by atoms with Gasteiger partial charge in [-0.3, -0.25) is 4.79 Å². The molecule has 0 unspecified atom stereocenters. The Bertz CT molecular complexity index is 254. The number of H-pyrrole nitrogens is 1. The molecule has 4 heteroatoms. The minimum Gasteiger partial charge on any atom is -0.359 e. The van der Waals surface area contributed by atoms with Gasteiger partial charge in [-0.15, -0.1) is 0 Å². The average Bonchev–Trinajstić information content (AvgIpc) is 2.35. The van der Waals surface area contributed by atoms with Gasteiger partial charge in [-0.2, -0.15) is 0 Å². The Balaban J connectivity index is 2.57. The number of nitrogens with one attached hydrogen (secondary N) is 2. The van der Waals surface area contributed by atoms with E-state index in [0.717, 1.165) is 11.5 Å². The zero-order chi connectivity index (χ0) is 8.27. The van der Waals surface area contributed by atoms with E-state index in [0.29, 0.717) is 6.42 Å². The molecule has 1 amide bonds. The maximum atomic E-state index is 10.8. The molecular weight excluding hydrogens is 142 g/mol. The van der Waals surface area contributed by atoms with Crippen molar-refractivity contribution in [3.8, 4) is 0 Å². The molecule has 0 aliphatic rings. The topological polar surface area (TPSA) is 57.8 Å². The third kappa shape index (κ3) is 2.07. The number of aryl methyl sites for hydroxylation is 1. The molecule has 1 aromatic rings. The summed E-state index contributed by atoms with van der Waals surface area (Å²) in [7, 11) is 1.60. The fourth-order valence-corrected chi connectivity index (χ4v) is 0.758. The molecule has 59 valence electrons. The van der Waals surface area contributed by atoms with Gasteiger partial charge in [0, 0.05) is 7.05 Å². The number of carbonyl (C=O) groups excluding carboxylic acids is 1. The van der Waals surface area contributed by atoms with Crippen molar-refractivity contribution in [3.63, 3.8) is 0 Å². The quantitative estimate of drug-likeness (QED) is 0.617. The zero-order valence-electron chi connectivity index (χ0n) is 6.56. The van der Waals surface area contributed by atoms with E-state index in [4.69, 9.17) is 0 Å². The van der Waals surface area contributed by atoms with Gasteiger partial charge in [-0.1, -0.05) is 0 Å². The van der Waals surface area contributed by atoms with Gasteiger partial charge >= 0.3 is 0 Å². The average molecular weight is 152 g/mol. The lowest BCUT2D eigenvalue weighted by molar-refractivity contribution is -0.120. The van der Waals surface area contributed by atoms with Crippen LogP contribution in [0.4, 0.5) is 0 Å². The summed E-state index contributed by atoms with van der Waals surface area (Å²) >= 11 is 0. The second-order valence-corrected chi connectivity index (χ2v) is 2.26. The zero-order valence-corrected chi connectivity index (χ0v) is 6.56. The maximum Gasteiger partial charge on any atom is 0.225 e. The summed E-state index contributed by atoms with van der Waals surface area (Å²) in [6.07, 6.45) is 3.02. The summed E-state index contributed by atoms with van der Waals surface area (Å²) in [5, 5.41) is 2.52. The molecule has 0 aromatic carbocycles. The van der Waals surface area contributed by atoms with Crippen molar-refractivity contribution in [2.24, 2.45) is 0 Å². The molecule has 0 fully saturated rings. The van der Waals surface area contributed by atoms with Crippen molar-refractivity contribution in [1.82, 2.24) is 15.3 Å². The van der Waals surface area contributed by atoms with Crippen LogP contribution in [0.1, 0.15) is 11.5 Å². The van der Waals surface area contributed by atoms with Crippen LogP contribution in [-0.2, 0) is 11.2 Å². The molecule has 0 spiro atoms. The Morgan fingerprint density at radius 3 is 3.00 bits per heavy atom. The second-order valence-electron chi connectivity index (χ2n) is 2.26. The van der Waals surface area contributed by atoms with Crippen LogP contribution in [-0.4, -0.2) is 22.9 Å². The second kappa shape index (κ2) is 3.18. The molecular formula is C7H10N3O. The summed E-state index contributed by atoms with van der Waals surface area (Å²) in [5.74, 6) is 0.744. The molecule has 1 radical (unpaired) electrons. The van der Waals surface area contributed by atoms with E-state index in [9.17, 15) is 4.79 Å². The number of aromatic nitrogens is 2. The van der Waals surface area contributed by atoms with E-state index >= 15 is 0 Å². The first kappa shape index (κ1) is 7.78.